The second-order valence-corrected chi connectivity index (χ2v) is 15.5. The molecule has 0 radical (unpaired) electrons. The molecule has 0 unspecified atom stereocenters. The summed E-state index contributed by atoms with van der Waals surface area (Å²) in [6.45, 7) is 0. The third-order valence-corrected chi connectivity index (χ3v) is 12.4. The molecule has 12 aromatic rings. The Bertz CT molecular complexity index is 3370. The normalized spacial score (nSPS) is 11.7. The first-order valence-corrected chi connectivity index (χ1v) is 20.4. The van der Waals surface area contributed by atoms with Gasteiger partial charge in [0.25, 0.3) is 0 Å². The summed E-state index contributed by atoms with van der Waals surface area (Å²) in [5, 5.41) is 12.6. The van der Waals surface area contributed by atoms with Gasteiger partial charge in [0.1, 0.15) is 0 Å². The molecule has 0 saturated carbocycles. The van der Waals surface area contributed by atoms with Crippen LogP contribution in [0.4, 0.5) is 0 Å². The molecule has 1 aromatic heterocycles. The number of hydrogen-bond donors (Lipinski definition) is 0. The van der Waals surface area contributed by atoms with Crippen LogP contribution in [0.15, 0.2) is 224 Å². The molecule has 0 aliphatic heterocycles. The van der Waals surface area contributed by atoms with E-state index in [0.29, 0.717) is 0 Å². The Morgan fingerprint density at radius 3 is 0.932 bits per heavy atom. The van der Waals surface area contributed by atoms with Gasteiger partial charge in [-0.15, -0.1) is 0 Å². The van der Waals surface area contributed by atoms with Crippen molar-refractivity contribution in [2.45, 2.75) is 0 Å². The first-order chi connectivity index (χ1) is 29.3. The second-order valence-electron chi connectivity index (χ2n) is 15.5. The van der Waals surface area contributed by atoms with Gasteiger partial charge in [0.15, 0.2) is 0 Å². The Kier molecular flexibility index (Phi) is 7.61. The predicted octanol–water partition coefficient (Wildman–Crippen LogP) is 16.1. The number of aromatic nitrogens is 1. The molecule has 274 valence electrons. The van der Waals surface area contributed by atoms with E-state index in [1.54, 1.807) is 0 Å². The molecule has 0 aliphatic carbocycles. The number of fused-ring (bicyclic) bond motifs is 9. The minimum absolute atomic E-state index is 1.13. The standard InChI is InChI=1S/C58H37N/c1-4-18-38(19-5-1)51-36-53-57(45-26-12-10-24-43(45)51)58-46-27-13-11-25-44(46)52(39-20-6-2-7-21-39)37-54(58)59(53)42-34-32-41(33-35-42)56-49-30-16-14-28-47(49)55(40-22-8-3-9-23-40)48-29-15-17-31-50(48)56/h1-37H. The summed E-state index contributed by atoms with van der Waals surface area (Å²) in [6, 6.07) is 82.4. The van der Waals surface area contributed by atoms with E-state index in [1.165, 1.54) is 109 Å². The first-order valence-electron chi connectivity index (χ1n) is 20.4. The number of rotatable bonds is 5. The number of benzene rings is 11. The van der Waals surface area contributed by atoms with Gasteiger partial charge in [-0.3, -0.25) is 0 Å². The zero-order chi connectivity index (χ0) is 38.9. The summed E-state index contributed by atoms with van der Waals surface area (Å²) >= 11 is 0. The van der Waals surface area contributed by atoms with Gasteiger partial charge in [0, 0.05) is 16.5 Å². The maximum Gasteiger partial charge on any atom is 0.0553 e. The molecule has 1 nitrogen and oxygen atoms in total. The van der Waals surface area contributed by atoms with Gasteiger partial charge in [-0.25, -0.2) is 0 Å². The molecule has 0 bridgehead atoms. The molecule has 0 spiro atoms. The maximum absolute atomic E-state index is 2.51. The zero-order valence-electron chi connectivity index (χ0n) is 32.3. The van der Waals surface area contributed by atoms with Crippen molar-refractivity contribution in [2.24, 2.45) is 0 Å². The molecular weight excluding hydrogens is 711 g/mol. The highest BCUT2D eigenvalue weighted by molar-refractivity contribution is 6.31. The van der Waals surface area contributed by atoms with E-state index in [-0.39, 0.29) is 0 Å². The highest BCUT2D eigenvalue weighted by Gasteiger charge is 2.22. The molecule has 59 heavy (non-hydrogen) atoms. The van der Waals surface area contributed by atoms with Crippen molar-refractivity contribution in [3.05, 3.63) is 224 Å². The quantitative estimate of drug-likeness (QED) is 0.155. The van der Waals surface area contributed by atoms with Gasteiger partial charge in [-0.1, -0.05) is 200 Å². The SMILES string of the molecule is c1ccc(-c2c3ccccc3c(-c3ccc(-n4c5cc(-c6ccccc6)c6ccccc6c5c5c6ccccc6c(-c6ccccc6)cc54)cc3)c3ccccc23)cc1. The predicted molar refractivity (Wildman–Crippen MR) is 253 cm³/mol. The molecule has 12 rings (SSSR count). The fraction of sp³-hybridized carbons (Fsp3) is 0. The van der Waals surface area contributed by atoms with Crippen LogP contribution in [-0.2, 0) is 0 Å². The number of hydrogen-bond acceptors (Lipinski definition) is 0. The average Bonchev–Trinajstić information content (AvgIpc) is 3.65. The summed E-state index contributed by atoms with van der Waals surface area (Å²) in [5.74, 6) is 0. The summed E-state index contributed by atoms with van der Waals surface area (Å²) in [5.41, 5.74) is 13.4. The van der Waals surface area contributed by atoms with E-state index in [2.05, 4.69) is 229 Å². The van der Waals surface area contributed by atoms with Gasteiger partial charge in [0.05, 0.1) is 11.0 Å². The van der Waals surface area contributed by atoms with Crippen molar-refractivity contribution < 1.29 is 0 Å². The average molecular weight is 748 g/mol. The molecule has 11 aromatic carbocycles. The fourth-order valence-electron chi connectivity index (χ4n) is 9.85. The van der Waals surface area contributed by atoms with E-state index in [0.717, 1.165) is 5.69 Å². The van der Waals surface area contributed by atoms with Crippen LogP contribution < -0.4 is 0 Å². The van der Waals surface area contributed by atoms with E-state index in [4.69, 9.17) is 0 Å². The highest BCUT2D eigenvalue weighted by Crippen LogP contribution is 2.47. The molecule has 1 heterocycles. The van der Waals surface area contributed by atoms with Crippen LogP contribution in [0, 0.1) is 0 Å². The lowest BCUT2D eigenvalue weighted by Crippen LogP contribution is -1.96. The van der Waals surface area contributed by atoms with Crippen molar-refractivity contribution in [3.8, 4) is 50.2 Å². The van der Waals surface area contributed by atoms with Gasteiger partial charge in [-0.05, 0) is 112 Å². The van der Waals surface area contributed by atoms with Crippen molar-refractivity contribution in [3.63, 3.8) is 0 Å². The minimum atomic E-state index is 1.13. The molecule has 0 saturated heterocycles. The van der Waals surface area contributed by atoms with Crippen molar-refractivity contribution >= 4 is 64.9 Å². The second kappa shape index (κ2) is 13.4. The lowest BCUT2D eigenvalue weighted by Gasteiger charge is -2.18. The van der Waals surface area contributed by atoms with Gasteiger partial charge >= 0.3 is 0 Å². The van der Waals surface area contributed by atoms with Crippen molar-refractivity contribution in [2.75, 3.05) is 0 Å². The van der Waals surface area contributed by atoms with Crippen LogP contribution >= 0.6 is 0 Å². The maximum atomic E-state index is 2.51. The Morgan fingerprint density at radius 2 is 0.542 bits per heavy atom. The summed E-state index contributed by atoms with van der Waals surface area (Å²) in [7, 11) is 0. The zero-order valence-corrected chi connectivity index (χ0v) is 32.3. The third-order valence-electron chi connectivity index (χ3n) is 12.4. The van der Waals surface area contributed by atoms with Crippen LogP contribution in [0.1, 0.15) is 0 Å². The largest absolute Gasteiger partial charge is 0.309 e. The first kappa shape index (κ1) is 33.4. The van der Waals surface area contributed by atoms with Gasteiger partial charge in [-0.2, -0.15) is 0 Å². The molecule has 0 fully saturated rings. The van der Waals surface area contributed by atoms with E-state index >= 15 is 0 Å². The Hall–Kier alpha value is -7.74. The van der Waals surface area contributed by atoms with Crippen molar-refractivity contribution in [1.29, 1.82) is 0 Å². The van der Waals surface area contributed by atoms with E-state index < -0.39 is 0 Å². The minimum Gasteiger partial charge on any atom is -0.309 e. The summed E-state index contributed by atoms with van der Waals surface area (Å²) < 4.78 is 2.51. The van der Waals surface area contributed by atoms with Crippen molar-refractivity contribution in [1.82, 2.24) is 4.57 Å². The Morgan fingerprint density at radius 1 is 0.237 bits per heavy atom. The lowest BCUT2D eigenvalue weighted by molar-refractivity contribution is 1.18. The lowest BCUT2D eigenvalue weighted by atomic mass is 9.86. The summed E-state index contributed by atoms with van der Waals surface area (Å²) in [4.78, 5) is 0. The topological polar surface area (TPSA) is 4.93 Å². The molecule has 0 amide bonds. The highest BCUT2D eigenvalue weighted by atomic mass is 15.0. The van der Waals surface area contributed by atoms with Crippen LogP contribution in [-0.4, -0.2) is 4.57 Å². The smallest absolute Gasteiger partial charge is 0.0553 e. The van der Waals surface area contributed by atoms with Crippen LogP contribution in [0.2, 0.25) is 0 Å². The van der Waals surface area contributed by atoms with E-state index in [9.17, 15) is 0 Å². The molecular formula is C58H37N. The number of nitrogens with zero attached hydrogens (tertiary/aromatic N) is 1. The summed E-state index contributed by atoms with van der Waals surface area (Å²) in [6.07, 6.45) is 0. The Labute approximate surface area is 342 Å². The fourth-order valence-corrected chi connectivity index (χ4v) is 9.85. The van der Waals surface area contributed by atoms with Gasteiger partial charge < -0.3 is 4.57 Å². The molecule has 1 heteroatoms. The van der Waals surface area contributed by atoms with E-state index in [1.807, 2.05) is 0 Å². The van der Waals surface area contributed by atoms with Gasteiger partial charge in [0.2, 0.25) is 0 Å². The monoisotopic (exact) mass is 747 g/mol. The van der Waals surface area contributed by atoms with Crippen LogP contribution in [0.3, 0.4) is 0 Å². The van der Waals surface area contributed by atoms with Crippen LogP contribution in [0.25, 0.3) is 115 Å². The third kappa shape index (κ3) is 5.18. The molecule has 0 N–H and O–H groups in total. The molecule has 0 aliphatic rings. The Balaban J connectivity index is 1.17. The van der Waals surface area contributed by atoms with Crippen LogP contribution in [0.5, 0.6) is 0 Å². The molecule has 0 atom stereocenters.